The van der Waals surface area contributed by atoms with Crippen LogP contribution in [-0.4, -0.2) is 18.0 Å². The molecule has 104 valence electrons. The zero-order valence-electron chi connectivity index (χ0n) is 11.6. The van der Waals surface area contributed by atoms with Gasteiger partial charge in [0.05, 0.1) is 16.1 Å². The van der Waals surface area contributed by atoms with Crippen molar-refractivity contribution >= 4 is 23.5 Å². The number of rotatable bonds is 3. The maximum absolute atomic E-state index is 11.7. The molecule has 1 aliphatic heterocycles. The maximum atomic E-state index is 11.7. The van der Waals surface area contributed by atoms with Gasteiger partial charge in [0.25, 0.3) is 0 Å². The van der Waals surface area contributed by atoms with Gasteiger partial charge in [0.1, 0.15) is 23.7 Å². The molecule has 1 heterocycles. The van der Waals surface area contributed by atoms with Crippen LogP contribution in [0.3, 0.4) is 0 Å². The van der Waals surface area contributed by atoms with Gasteiger partial charge in [0.15, 0.2) is 5.78 Å². The molecule has 20 heavy (non-hydrogen) atoms. The van der Waals surface area contributed by atoms with Gasteiger partial charge < -0.3 is 9.47 Å². The van der Waals surface area contributed by atoms with Crippen LogP contribution in [0.5, 0.6) is 11.5 Å². The van der Waals surface area contributed by atoms with Crippen LogP contribution in [0.15, 0.2) is 12.1 Å². The molecule has 0 saturated heterocycles. The number of carbonyl (C=O) groups is 1. The Hall–Kier alpha value is -1.92. The van der Waals surface area contributed by atoms with Crippen molar-refractivity contribution in [1.29, 1.82) is 0 Å². The number of hydrogen-bond acceptors (Lipinski definition) is 3. The number of terminal acetylenes is 1. The summed E-state index contributed by atoms with van der Waals surface area (Å²) in [6.07, 6.45) is 8.95. The highest BCUT2D eigenvalue weighted by molar-refractivity contribution is 6.33. The number of fused-ring (bicyclic) bond motifs is 1. The number of ketones is 1. The average Bonchev–Trinajstić information content (AvgIpc) is 2.37. The molecule has 0 unspecified atom stereocenters. The summed E-state index contributed by atoms with van der Waals surface area (Å²) in [5.41, 5.74) is 0.590. The van der Waals surface area contributed by atoms with Crippen molar-refractivity contribution in [3.05, 3.63) is 28.3 Å². The highest BCUT2D eigenvalue weighted by atomic mass is 35.5. The smallest absolute Gasteiger partial charge is 0.163 e. The van der Waals surface area contributed by atoms with Gasteiger partial charge in [-0.3, -0.25) is 4.79 Å². The summed E-state index contributed by atoms with van der Waals surface area (Å²) in [7, 11) is 0. The van der Waals surface area contributed by atoms with Crippen LogP contribution < -0.4 is 9.47 Å². The summed E-state index contributed by atoms with van der Waals surface area (Å²) in [4.78, 5) is 11.7. The second-order valence-electron chi connectivity index (χ2n) is 5.07. The fourth-order valence-electron chi connectivity index (χ4n) is 2.00. The Morgan fingerprint density at radius 1 is 1.55 bits per heavy atom. The predicted molar refractivity (Wildman–Crippen MR) is 79.5 cm³/mol. The van der Waals surface area contributed by atoms with Gasteiger partial charge in [-0.2, -0.15) is 0 Å². The zero-order valence-corrected chi connectivity index (χ0v) is 12.4. The lowest BCUT2D eigenvalue weighted by Gasteiger charge is -2.30. The molecule has 0 amide bonds. The summed E-state index contributed by atoms with van der Waals surface area (Å²) < 4.78 is 11.4. The molecule has 0 N–H and O–H groups in total. The van der Waals surface area contributed by atoms with E-state index in [4.69, 9.17) is 27.5 Å². The number of Topliss-reactive ketones (excluding diaryl/α,β-unsaturated/α-hetero) is 1. The van der Waals surface area contributed by atoms with E-state index in [0.29, 0.717) is 27.6 Å². The average molecular weight is 291 g/mol. The van der Waals surface area contributed by atoms with E-state index < -0.39 is 5.60 Å². The third-order valence-corrected chi connectivity index (χ3v) is 3.20. The standard InChI is InChI=1S/C16H15ClO3/c1-5-8-19-14-11-6-7-16(3,4)20-15(11)13(17)9-12(14)10(2)18/h1,6-7,9H,8H2,2-4H3. The molecule has 0 spiro atoms. The lowest BCUT2D eigenvalue weighted by atomic mass is 9.98. The molecule has 0 saturated carbocycles. The summed E-state index contributed by atoms with van der Waals surface area (Å²) in [6.45, 7) is 5.37. The molecule has 1 aromatic carbocycles. The summed E-state index contributed by atoms with van der Waals surface area (Å²) in [5.74, 6) is 3.18. The number of benzene rings is 1. The Bertz CT molecular complexity index is 636. The number of hydrogen-bond donors (Lipinski definition) is 0. The highest BCUT2D eigenvalue weighted by Crippen LogP contribution is 2.44. The van der Waals surface area contributed by atoms with E-state index in [1.165, 1.54) is 6.92 Å². The predicted octanol–water partition coefficient (Wildman–Crippen LogP) is 3.74. The molecule has 1 aliphatic rings. The van der Waals surface area contributed by atoms with Gasteiger partial charge >= 0.3 is 0 Å². The van der Waals surface area contributed by atoms with Gasteiger partial charge in [-0.05, 0) is 39.0 Å². The monoisotopic (exact) mass is 290 g/mol. The highest BCUT2D eigenvalue weighted by Gasteiger charge is 2.28. The van der Waals surface area contributed by atoms with Gasteiger partial charge in [0, 0.05) is 0 Å². The molecule has 0 fully saturated rings. The zero-order chi connectivity index (χ0) is 14.9. The van der Waals surface area contributed by atoms with E-state index in [9.17, 15) is 4.79 Å². The van der Waals surface area contributed by atoms with Crippen LogP contribution in [0, 0.1) is 12.3 Å². The van der Waals surface area contributed by atoms with Gasteiger partial charge in [-0.1, -0.05) is 17.5 Å². The summed E-state index contributed by atoms with van der Waals surface area (Å²) in [6, 6.07) is 1.56. The fourth-order valence-corrected chi connectivity index (χ4v) is 2.25. The van der Waals surface area contributed by atoms with Gasteiger partial charge in [0.2, 0.25) is 0 Å². The van der Waals surface area contributed by atoms with Crippen molar-refractivity contribution in [3.8, 4) is 23.8 Å². The summed E-state index contributed by atoms with van der Waals surface area (Å²) in [5, 5.41) is 0.385. The molecule has 1 aromatic rings. The van der Waals surface area contributed by atoms with E-state index >= 15 is 0 Å². The van der Waals surface area contributed by atoms with Gasteiger partial charge in [-0.15, -0.1) is 6.42 Å². The first kappa shape index (κ1) is 14.5. The van der Waals surface area contributed by atoms with Crippen LogP contribution in [0.4, 0.5) is 0 Å². The Labute approximate surface area is 123 Å². The SMILES string of the molecule is C#CCOc1c(C(C)=O)cc(Cl)c2c1C=CC(C)(C)O2. The minimum absolute atomic E-state index is 0.0750. The first-order valence-electron chi connectivity index (χ1n) is 6.17. The van der Waals surface area contributed by atoms with E-state index in [-0.39, 0.29) is 12.4 Å². The van der Waals surface area contributed by atoms with Crippen molar-refractivity contribution < 1.29 is 14.3 Å². The molecule has 0 radical (unpaired) electrons. The van der Waals surface area contributed by atoms with E-state index in [1.807, 2.05) is 26.0 Å². The van der Waals surface area contributed by atoms with Crippen LogP contribution in [0.2, 0.25) is 5.02 Å². The Morgan fingerprint density at radius 3 is 2.85 bits per heavy atom. The van der Waals surface area contributed by atoms with Crippen molar-refractivity contribution in [2.75, 3.05) is 6.61 Å². The second-order valence-corrected chi connectivity index (χ2v) is 5.47. The van der Waals surface area contributed by atoms with Crippen molar-refractivity contribution in [2.24, 2.45) is 0 Å². The minimum Gasteiger partial charge on any atom is -0.481 e. The topological polar surface area (TPSA) is 35.5 Å². The lowest BCUT2D eigenvalue weighted by molar-refractivity contribution is 0.101. The first-order chi connectivity index (χ1) is 9.35. The molecule has 0 aliphatic carbocycles. The van der Waals surface area contributed by atoms with E-state index in [2.05, 4.69) is 5.92 Å². The largest absolute Gasteiger partial charge is 0.481 e. The molecule has 0 atom stereocenters. The maximum Gasteiger partial charge on any atom is 0.163 e. The van der Waals surface area contributed by atoms with Crippen LogP contribution in [-0.2, 0) is 0 Å². The third-order valence-electron chi connectivity index (χ3n) is 2.92. The number of carbonyl (C=O) groups excluding carboxylic acids is 1. The van der Waals surface area contributed by atoms with Crippen molar-refractivity contribution in [2.45, 2.75) is 26.4 Å². The van der Waals surface area contributed by atoms with Crippen LogP contribution in [0.1, 0.15) is 36.7 Å². The normalized spacial score (nSPS) is 14.9. The Morgan fingerprint density at radius 2 is 2.25 bits per heavy atom. The van der Waals surface area contributed by atoms with Crippen molar-refractivity contribution in [3.63, 3.8) is 0 Å². The first-order valence-corrected chi connectivity index (χ1v) is 6.55. The Kier molecular flexibility index (Phi) is 3.78. The quantitative estimate of drug-likeness (QED) is 0.628. The van der Waals surface area contributed by atoms with Crippen LogP contribution in [0.25, 0.3) is 6.08 Å². The van der Waals surface area contributed by atoms with E-state index in [1.54, 1.807) is 6.07 Å². The third kappa shape index (κ3) is 2.66. The van der Waals surface area contributed by atoms with Crippen molar-refractivity contribution in [1.82, 2.24) is 0 Å². The molecular weight excluding hydrogens is 276 g/mol. The molecule has 3 nitrogen and oxygen atoms in total. The molecule has 0 aromatic heterocycles. The lowest BCUT2D eigenvalue weighted by Crippen LogP contribution is -2.28. The number of ether oxygens (including phenoxy) is 2. The van der Waals surface area contributed by atoms with Crippen LogP contribution >= 0.6 is 11.6 Å². The fraction of sp³-hybridized carbons (Fsp3) is 0.312. The number of halogens is 1. The van der Waals surface area contributed by atoms with E-state index in [0.717, 1.165) is 0 Å². The minimum atomic E-state index is -0.461. The summed E-state index contributed by atoms with van der Waals surface area (Å²) >= 11 is 6.22. The molecule has 0 bridgehead atoms. The molecule has 2 rings (SSSR count). The molecule has 4 heteroatoms. The van der Waals surface area contributed by atoms with Gasteiger partial charge in [-0.25, -0.2) is 0 Å². The molecular formula is C16H15ClO3. The Balaban J connectivity index is 2.65. The second kappa shape index (κ2) is 5.22.